The summed E-state index contributed by atoms with van der Waals surface area (Å²) < 4.78 is 5.41. The summed E-state index contributed by atoms with van der Waals surface area (Å²) in [7, 11) is 1.71. The van der Waals surface area contributed by atoms with E-state index in [-0.39, 0.29) is 11.3 Å². The van der Waals surface area contributed by atoms with Crippen molar-refractivity contribution in [2.75, 3.05) is 33.3 Å². The number of methoxy groups -OCH3 is 1. The molecule has 1 spiro atoms. The predicted octanol–water partition coefficient (Wildman–Crippen LogP) is 4.82. The Morgan fingerprint density at radius 2 is 2.10 bits per heavy atom. The Balaban J connectivity index is 1.17. The summed E-state index contributed by atoms with van der Waals surface area (Å²) in [5.41, 5.74) is 2.95. The first kappa shape index (κ1) is 21.2. The van der Waals surface area contributed by atoms with Gasteiger partial charge >= 0.3 is 0 Å². The molecule has 30 heavy (non-hydrogen) atoms. The van der Waals surface area contributed by atoms with Gasteiger partial charge in [-0.1, -0.05) is 42.0 Å². The number of ether oxygens (including phenoxy) is 1. The lowest BCUT2D eigenvalue weighted by atomic mass is 9.90. The van der Waals surface area contributed by atoms with Gasteiger partial charge in [-0.15, -0.1) is 0 Å². The van der Waals surface area contributed by atoms with Crippen LogP contribution in [0.15, 0.2) is 42.0 Å². The van der Waals surface area contributed by atoms with E-state index < -0.39 is 0 Å². The minimum absolute atomic E-state index is 0.254. The number of carbonyl (C=O) groups is 1. The van der Waals surface area contributed by atoms with Crippen molar-refractivity contribution in [1.82, 2.24) is 10.2 Å². The number of amides is 1. The van der Waals surface area contributed by atoms with Crippen molar-refractivity contribution in [3.05, 3.63) is 47.6 Å². The molecule has 162 valence electrons. The molecule has 1 amide bonds. The van der Waals surface area contributed by atoms with Crippen LogP contribution in [-0.2, 0) is 4.79 Å². The Bertz CT molecular complexity index is 790. The number of allylic oxidation sites excluding steroid dienone is 1. The molecule has 2 aliphatic carbocycles. The van der Waals surface area contributed by atoms with Gasteiger partial charge in [-0.2, -0.15) is 0 Å². The van der Waals surface area contributed by atoms with E-state index in [1.54, 1.807) is 12.7 Å². The lowest BCUT2D eigenvalue weighted by Gasteiger charge is -2.32. The number of para-hydroxylation sites is 1. The summed E-state index contributed by atoms with van der Waals surface area (Å²) in [5.74, 6) is 1.47. The number of nitrogens with zero attached hydrogens (tertiary/aromatic N) is 1. The maximum atomic E-state index is 12.6. The monoisotopic (exact) mass is 408 g/mol. The lowest BCUT2D eigenvalue weighted by molar-refractivity contribution is -0.123. The second-order valence-corrected chi connectivity index (χ2v) is 9.21. The highest BCUT2D eigenvalue weighted by Crippen LogP contribution is 2.59. The number of carbonyl (C=O) groups excluding carboxylic acids is 1. The first-order valence-electron chi connectivity index (χ1n) is 11.7. The van der Waals surface area contributed by atoms with Crippen LogP contribution in [0.4, 0.5) is 0 Å². The van der Waals surface area contributed by atoms with Crippen LogP contribution in [0.5, 0.6) is 5.75 Å². The number of benzene rings is 1. The summed E-state index contributed by atoms with van der Waals surface area (Å²) in [6.07, 6.45) is 16.3. The van der Waals surface area contributed by atoms with Crippen LogP contribution < -0.4 is 10.1 Å². The van der Waals surface area contributed by atoms with Gasteiger partial charge in [0.05, 0.1) is 7.11 Å². The topological polar surface area (TPSA) is 41.6 Å². The lowest BCUT2D eigenvalue weighted by Crippen LogP contribution is -2.37. The number of piperidine rings is 1. The smallest absolute Gasteiger partial charge is 0.223 e. The van der Waals surface area contributed by atoms with Crippen LogP contribution in [0.1, 0.15) is 56.9 Å². The van der Waals surface area contributed by atoms with E-state index in [0.717, 1.165) is 63.2 Å². The number of rotatable bonds is 8. The minimum atomic E-state index is 0.254. The van der Waals surface area contributed by atoms with Gasteiger partial charge in [-0.25, -0.2) is 0 Å². The molecule has 0 unspecified atom stereocenters. The van der Waals surface area contributed by atoms with Crippen molar-refractivity contribution in [2.45, 2.75) is 51.4 Å². The molecule has 1 saturated carbocycles. The van der Waals surface area contributed by atoms with E-state index in [2.05, 4.69) is 34.5 Å². The Morgan fingerprint density at radius 3 is 2.87 bits per heavy atom. The fraction of sp³-hybridized carbons (Fsp3) is 0.577. The number of nitrogens with one attached hydrogen (secondary N) is 1. The molecule has 1 aromatic rings. The van der Waals surface area contributed by atoms with Crippen LogP contribution in [0.3, 0.4) is 0 Å². The van der Waals surface area contributed by atoms with Gasteiger partial charge in [-0.05, 0) is 75.9 Å². The molecular formula is C26H36N2O2. The zero-order chi connectivity index (χ0) is 20.8. The van der Waals surface area contributed by atoms with Gasteiger partial charge in [0, 0.05) is 24.6 Å². The largest absolute Gasteiger partial charge is 0.496 e. The molecule has 0 radical (unpaired) electrons. The molecule has 0 aromatic heterocycles. The molecule has 4 nitrogen and oxygen atoms in total. The number of hydrogen-bond acceptors (Lipinski definition) is 3. The second-order valence-electron chi connectivity index (χ2n) is 9.21. The number of likely N-dealkylation sites (tertiary alicyclic amines) is 1. The van der Waals surface area contributed by atoms with Crippen molar-refractivity contribution >= 4 is 12.0 Å². The van der Waals surface area contributed by atoms with Crippen LogP contribution in [0.25, 0.3) is 6.08 Å². The quantitative estimate of drug-likeness (QED) is 0.627. The summed E-state index contributed by atoms with van der Waals surface area (Å²) in [6, 6.07) is 8.11. The zero-order valence-electron chi connectivity index (χ0n) is 18.4. The summed E-state index contributed by atoms with van der Waals surface area (Å²) in [4.78, 5) is 15.1. The van der Waals surface area contributed by atoms with Gasteiger partial charge in [0.25, 0.3) is 0 Å². The maximum absolute atomic E-state index is 12.6. The summed E-state index contributed by atoms with van der Waals surface area (Å²) in [5, 5.41) is 3.22. The molecule has 1 aromatic carbocycles. The first-order valence-corrected chi connectivity index (χ1v) is 11.7. The van der Waals surface area contributed by atoms with E-state index in [0.29, 0.717) is 5.91 Å². The minimum Gasteiger partial charge on any atom is -0.496 e. The molecule has 3 aliphatic rings. The van der Waals surface area contributed by atoms with Crippen molar-refractivity contribution in [3.63, 3.8) is 0 Å². The third-order valence-corrected chi connectivity index (χ3v) is 7.29. The van der Waals surface area contributed by atoms with Gasteiger partial charge in [0.15, 0.2) is 0 Å². The van der Waals surface area contributed by atoms with Crippen molar-refractivity contribution in [1.29, 1.82) is 0 Å². The van der Waals surface area contributed by atoms with E-state index in [1.165, 1.54) is 25.7 Å². The Hall–Kier alpha value is -2.07. The summed E-state index contributed by atoms with van der Waals surface area (Å²) >= 11 is 0. The molecule has 4 rings (SSSR count). The average molecular weight is 409 g/mol. The molecular weight excluding hydrogens is 372 g/mol. The van der Waals surface area contributed by atoms with E-state index >= 15 is 0 Å². The van der Waals surface area contributed by atoms with Crippen LogP contribution in [0.2, 0.25) is 0 Å². The van der Waals surface area contributed by atoms with Crippen LogP contribution in [-0.4, -0.2) is 44.1 Å². The Labute approximate surface area is 181 Å². The van der Waals surface area contributed by atoms with Gasteiger partial charge in [-0.3, -0.25) is 9.69 Å². The fourth-order valence-corrected chi connectivity index (χ4v) is 5.19. The number of hydrogen-bond donors (Lipinski definition) is 1. The van der Waals surface area contributed by atoms with Crippen molar-refractivity contribution in [3.8, 4) is 5.75 Å². The highest BCUT2D eigenvalue weighted by molar-refractivity contribution is 5.82. The molecule has 2 fully saturated rings. The molecule has 1 N–H and O–H groups in total. The molecule has 4 heteroatoms. The fourth-order valence-electron chi connectivity index (χ4n) is 5.19. The molecule has 1 atom stereocenters. The molecule has 1 aliphatic heterocycles. The Morgan fingerprint density at radius 1 is 1.27 bits per heavy atom. The third-order valence-electron chi connectivity index (χ3n) is 7.29. The van der Waals surface area contributed by atoms with Gasteiger partial charge < -0.3 is 10.1 Å². The molecule has 1 heterocycles. The van der Waals surface area contributed by atoms with Crippen molar-refractivity contribution in [2.24, 2.45) is 11.3 Å². The Kier molecular flexibility index (Phi) is 6.93. The summed E-state index contributed by atoms with van der Waals surface area (Å²) in [6.45, 7) is 3.96. The van der Waals surface area contributed by atoms with E-state index in [4.69, 9.17) is 4.74 Å². The van der Waals surface area contributed by atoms with Crippen LogP contribution in [0, 0.1) is 11.3 Å². The third kappa shape index (κ3) is 5.15. The predicted molar refractivity (Wildman–Crippen MR) is 122 cm³/mol. The SMILES string of the molecule is COc1ccccc1/C=C/CN1CCC2(CC1)C[C@@H]2C(=O)NCCC1=CCCCC1. The van der Waals surface area contributed by atoms with E-state index in [1.807, 2.05) is 18.2 Å². The van der Waals surface area contributed by atoms with Crippen LogP contribution >= 0.6 is 0 Å². The van der Waals surface area contributed by atoms with Crippen molar-refractivity contribution < 1.29 is 9.53 Å². The normalized spacial score (nSPS) is 23.4. The highest BCUT2D eigenvalue weighted by atomic mass is 16.5. The van der Waals surface area contributed by atoms with E-state index in [9.17, 15) is 4.79 Å². The average Bonchev–Trinajstić information content (AvgIpc) is 3.49. The highest BCUT2D eigenvalue weighted by Gasteiger charge is 2.58. The van der Waals surface area contributed by atoms with Gasteiger partial charge in [0.2, 0.25) is 5.91 Å². The second kappa shape index (κ2) is 9.82. The van der Waals surface area contributed by atoms with Gasteiger partial charge in [0.1, 0.15) is 5.75 Å². The first-order chi connectivity index (χ1) is 14.7. The molecule has 1 saturated heterocycles. The standard InChI is InChI=1S/C26H36N2O2/c1-30-24-12-6-5-10-22(24)11-7-17-28-18-14-26(15-19-28)20-23(26)25(29)27-16-13-21-8-3-2-4-9-21/h5-8,10-12,23H,2-4,9,13-20H2,1H3,(H,27,29)/b11-7+/t23-/m1/s1. The molecule has 0 bridgehead atoms. The zero-order valence-corrected chi connectivity index (χ0v) is 18.4. The maximum Gasteiger partial charge on any atom is 0.223 e.